The maximum Gasteiger partial charge on any atom is 0.134 e. The summed E-state index contributed by atoms with van der Waals surface area (Å²) in [5.74, 6) is 1.63. The Hall–Kier alpha value is -1.03. The fourth-order valence-corrected chi connectivity index (χ4v) is 2.67. The third-order valence-electron chi connectivity index (χ3n) is 3.46. The molecule has 0 atom stereocenters. The van der Waals surface area contributed by atoms with Crippen molar-refractivity contribution in [2.24, 2.45) is 5.92 Å². The van der Waals surface area contributed by atoms with Crippen molar-refractivity contribution in [1.82, 2.24) is 5.32 Å². The minimum atomic E-state index is 0. The van der Waals surface area contributed by atoms with Crippen LogP contribution in [0.1, 0.15) is 31.4 Å². The van der Waals surface area contributed by atoms with Crippen LogP contribution in [0.15, 0.2) is 53.0 Å². The zero-order valence-electron chi connectivity index (χ0n) is 13.7. The van der Waals surface area contributed by atoms with Crippen LogP contribution in [0, 0.1) is 5.92 Å². The summed E-state index contributed by atoms with van der Waals surface area (Å²) in [6, 6.07) is 16.5. The van der Waals surface area contributed by atoms with E-state index in [1.807, 2.05) is 24.3 Å². The molecule has 0 unspecified atom stereocenters. The summed E-state index contributed by atoms with van der Waals surface area (Å²) in [5.41, 5.74) is 2.44. The van der Waals surface area contributed by atoms with Crippen molar-refractivity contribution in [3.8, 4) is 5.75 Å². The van der Waals surface area contributed by atoms with E-state index >= 15 is 0 Å². The van der Waals surface area contributed by atoms with E-state index < -0.39 is 0 Å². The van der Waals surface area contributed by atoms with Crippen LogP contribution in [-0.2, 0) is 13.2 Å². The second-order valence-electron chi connectivity index (χ2n) is 5.90. The third kappa shape index (κ3) is 7.38. The molecule has 2 aromatic carbocycles. The molecule has 0 saturated heterocycles. The first-order valence-electron chi connectivity index (χ1n) is 7.81. The summed E-state index contributed by atoms with van der Waals surface area (Å²) in [6.45, 7) is 7.03. The van der Waals surface area contributed by atoms with Gasteiger partial charge in [0.05, 0.1) is 4.47 Å². The molecular formula is C19H25BrClNO. The molecule has 126 valence electrons. The van der Waals surface area contributed by atoms with Gasteiger partial charge in [-0.1, -0.05) is 50.2 Å². The zero-order valence-corrected chi connectivity index (χ0v) is 16.1. The van der Waals surface area contributed by atoms with Crippen molar-refractivity contribution in [3.63, 3.8) is 0 Å². The first-order chi connectivity index (χ1) is 10.6. The van der Waals surface area contributed by atoms with Gasteiger partial charge in [-0.2, -0.15) is 0 Å². The molecule has 0 aliphatic carbocycles. The summed E-state index contributed by atoms with van der Waals surface area (Å²) < 4.78 is 6.87. The Morgan fingerprint density at radius 2 is 1.78 bits per heavy atom. The van der Waals surface area contributed by atoms with Crippen LogP contribution >= 0.6 is 28.3 Å². The highest BCUT2D eigenvalue weighted by atomic mass is 79.9. The number of hydrogen-bond donors (Lipinski definition) is 1. The Morgan fingerprint density at radius 3 is 2.43 bits per heavy atom. The Bertz CT molecular complexity index is 575. The lowest BCUT2D eigenvalue weighted by atomic mass is 10.1. The number of rotatable bonds is 8. The number of benzene rings is 2. The molecule has 0 saturated carbocycles. The average Bonchev–Trinajstić information content (AvgIpc) is 2.51. The number of hydrogen-bond acceptors (Lipinski definition) is 2. The van der Waals surface area contributed by atoms with Crippen molar-refractivity contribution in [1.29, 1.82) is 0 Å². The lowest BCUT2D eigenvalue weighted by molar-refractivity contribution is 0.304. The van der Waals surface area contributed by atoms with Gasteiger partial charge in [-0.3, -0.25) is 0 Å². The smallest absolute Gasteiger partial charge is 0.134 e. The normalized spacial score (nSPS) is 10.4. The lowest BCUT2D eigenvalue weighted by Gasteiger charge is -2.11. The first-order valence-corrected chi connectivity index (χ1v) is 8.60. The second kappa shape index (κ2) is 10.7. The number of halogens is 2. The molecule has 2 aromatic rings. The first kappa shape index (κ1) is 20.0. The van der Waals surface area contributed by atoms with Crippen LogP contribution in [0.5, 0.6) is 5.75 Å². The molecule has 0 amide bonds. The molecule has 1 N–H and O–H groups in total. The number of ether oxygens (including phenoxy) is 1. The van der Waals surface area contributed by atoms with E-state index in [1.165, 1.54) is 17.5 Å². The predicted molar refractivity (Wildman–Crippen MR) is 103 cm³/mol. The van der Waals surface area contributed by atoms with Gasteiger partial charge in [-0.05, 0) is 58.1 Å². The minimum absolute atomic E-state index is 0. The molecular weight excluding hydrogens is 374 g/mol. The van der Waals surface area contributed by atoms with E-state index in [-0.39, 0.29) is 12.4 Å². The SMILES string of the molecule is CC(C)CCNCc1ccc(OCc2ccccc2)c(Br)c1.Cl. The average molecular weight is 399 g/mol. The van der Waals surface area contributed by atoms with Crippen molar-refractivity contribution < 1.29 is 4.74 Å². The molecule has 0 fully saturated rings. The molecule has 0 spiro atoms. The van der Waals surface area contributed by atoms with Crippen LogP contribution in [0.3, 0.4) is 0 Å². The van der Waals surface area contributed by atoms with Gasteiger partial charge in [0.2, 0.25) is 0 Å². The van der Waals surface area contributed by atoms with Crippen LogP contribution in [0.2, 0.25) is 0 Å². The standard InChI is InChI=1S/C19H24BrNO.ClH/c1-15(2)10-11-21-13-17-8-9-19(18(20)12-17)22-14-16-6-4-3-5-7-16;/h3-9,12,15,21H,10-11,13-14H2,1-2H3;1H. The fraction of sp³-hybridized carbons (Fsp3) is 0.368. The summed E-state index contributed by atoms with van der Waals surface area (Å²) in [6.07, 6.45) is 1.21. The summed E-state index contributed by atoms with van der Waals surface area (Å²) in [4.78, 5) is 0. The van der Waals surface area contributed by atoms with E-state index in [1.54, 1.807) is 0 Å². The molecule has 2 nitrogen and oxygen atoms in total. The van der Waals surface area contributed by atoms with Gasteiger partial charge < -0.3 is 10.1 Å². The number of nitrogens with one attached hydrogen (secondary N) is 1. The molecule has 0 bridgehead atoms. The van der Waals surface area contributed by atoms with Crippen molar-refractivity contribution >= 4 is 28.3 Å². The van der Waals surface area contributed by atoms with Crippen molar-refractivity contribution in [2.45, 2.75) is 33.4 Å². The van der Waals surface area contributed by atoms with E-state index in [2.05, 4.69) is 59.4 Å². The van der Waals surface area contributed by atoms with Crippen molar-refractivity contribution in [3.05, 3.63) is 64.1 Å². The maximum atomic E-state index is 5.87. The zero-order chi connectivity index (χ0) is 15.8. The van der Waals surface area contributed by atoms with Gasteiger partial charge >= 0.3 is 0 Å². The molecule has 0 aromatic heterocycles. The van der Waals surface area contributed by atoms with Gasteiger partial charge in [0.15, 0.2) is 0 Å². The van der Waals surface area contributed by atoms with Crippen molar-refractivity contribution in [2.75, 3.05) is 6.54 Å². The van der Waals surface area contributed by atoms with E-state index in [4.69, 9.17) is 4.74 Å². The topological polar surface area (TPSA) is 21.3 Å². The van der Waals surface area contributed by atoms with Gasteiger partial charge in [0.1, 0.15) is 12.4 Å². The molecule has 0 aliphatic heterocycles. The van der Waals surface area contributed by atoms with Crippen LogP contribution in [0.25, 0.3) is 0 Å². The van der Waals surface area contributed by atoms with Crippen LogP contribution in [-0.4, -0.2) is 6.54 Å². The summed E-state index contributed by atoms with van der Waals surface area (Å²) in [7, 11) is 0. The molecule has 4 heteroatoms. The predicted octanol–water partition coefficient (Wildman–Crippen LogP) is 5.59. The highest BCUT2D eigenvalue weighted by Gasteiger charge is 2.03. The van der Waals surface area contributed by atoms with E-state index in [0.29, 0.717) is 6.61 Å². The van der Waals surface area contributed by atoms with E-state index in [9.17, 15) is 0 Å². The van der Waals surface area contributed by atoms with Gasteiger partial charge in [0.25, 0.3) is 0 Å². The molecule has 0 aliphatic rings. The highest BCUT2D eigenvalue weighted by Crippen LogP contribution is 2.26. The summed E-state index contributed by atoms with van der Waals surface area (Å²) in [5, 5.41) is 3.48. The third-order valence-corrected chi connectivity index (χ3v) is 4.08. The Balaban J connectivity index is 0.00000264. The van der Waals surface area contributed by atoms with Gasteiger partial charge in [-0.15, -0.1) is 12.4 Å². The molecule has 0 radical (unpaired) electrons. The Morgan fingerprint density at radius 1 is 1.04 bits per heavy atom. The van der Waals surface area contributed by atoms with Crippen LogP contribution < -0.4 is 10.1 Å². The Labute approximate surface area is 154 Å². The van der Waals surface area contributed by atoms with Gasteiger partial charge in [0, 0.05) is 6.54 Å². The van der Waals surface area contributed by atoms with Gasteiger partial charge in [-0.25, -0.2) is 0 Å². The monoisotopic (exact) mass is 397 g/mol. The minimum Gasteiger partial charge on any atom is -0.488 e. The molecule has 23 heavy (non-hydrogen) atoms. The van der Waals surface area contributed by atoms with Crippen LogP contribution in [0.4, 0.5) is 0 Å². The quantitative estimate of drug-likeness (QED) is 0.586. The molecule has 2 rings (SSSR count). The molecule has 0 heterocycles. The highest BCUT2D eigenvalue weighted by molar-refractivity contribution is 9.10. The maximum absolute atomic E-state index is 5.87. The summed E-state index contributed by atoms with van der Waals surface area (Å²) >= 11 is 3.60. The Kier molecular flexibility index (Phi) is 9.30. The van der Waals surface area contributed by atoms with E-state index in [0.717, 1.165) is 29.2 Å². The lowest BCUT2D eigenvalue weighted by Crippen LogP contribution is -2.16. The largest absolute Gasteiger partial charge is 0.488 e. The fourth-order valence-electron chi connectivity index (χ4n) is 2.13. The second-order valence-corrected chi connectivity index (χ2v) is 6.75.